The van der Waals surface area contributed by atoms with Gasteiger partial charge in [-0.1, -0.05) is 18.2 Å². The number of sulfonamides is 1. The third-order valence-electron chi connectivity index (χ3n) is 4.41. The first-order chi connectivity index (χ1) is 11.4. The number of aryl methyl sites for hydroxylation is 1. The number of carbonyl (C=O) groups is 1. The number of carbonyl (C=O) groups excluding carboxylic acids is 1. The van der Waals surface area contributed by atoms with Crippen molar-refractivity contribution in [3.8, 4) is 5.75 Å². The first kappa shape index (κ1) is 18.7. The lowest BCUT2D eigenvalue weighted by Gasteiger charge is -2.29. The maximum atomic E-state index is 12.2. The van der Waals surface area contributed by atoms with Crippen LogP contribution in [0.1, 0.15) is 24.8 Å². The smallest absolute Gasteiger partial charge is 0.223 e. The normalized spacial score (nSPS) is 16.8. The van der Waals surface area contributed by atoms with E-state index < -0.39 is 10.0 Å². The van der Waals surface area contributed by atoms with Gasteiger partial charge in [-0.15, -0.1) is 0 Å². The molecule has 0 radical (unpaired) electrons. The van der Waals surface area contributed by atoms with Crippen molar-refractivity contribution in [3.63, 3.8) is 0 Å². The number of nitrogens with zero attached hydrogens (tertiary/aromatic N) is 1. The molecule has 134 valence electrons. The number of nitrogens with one attached hydrogen (secondary N) is 1. The summed E-state index contributed by atoms with van der Waals surface area (Å²) in [6.45, 7) is 1.47. The van der Waals surface area contributed by atoms with Crippen LogP contribution in [-0.2, 0) is 21.2 Å². The van der Waals surface area contributed by atoms with Crippen molar-refractivity contribution >= 4 is 15.9 Å². The van der Waals surface area contributed by atoms with Gasteiger partial charge in [0.05, 0.1) is 13.4 Å². The van der Waals surface area contributed by atoms with E-state index >= 15 is 0 Å². The molecule has 24 heavy (non-hydrogen) atoms. The van der Waals surface area contributed by atoms with Crippen LogP contribution in [0.4, 0.5) is 0 Å². The molecule has 1 N–H and O–H groups in total. The molecule has 1 saturated heterocycles. The predicted molar refractivity (Wildman–Crippen MR) is 93.5 cm³/mol. The van der Waals surface area contributed by atoms with Gasteiger partial charge in [-0.3, -0.25) is 4.79 Å². The van der Waals surface area contributed by atoms with Gasteiger partial charge in [0, 0.05) is 25.6 Å². The van der Waals surface area contributed by atoms with Gasteiger partial charge in [-0.2, -0.15) is 0 Å². The third-order valence-corrected chi connectivity index (χ3v) is 5.71. The van der Waals surface area contributed by atoms with Gasteiger partial charge in [0.25, 0.3) is 0 Å². The Bertz CT molecular complexity index is 652. The number of rotatable bonds is 7. The number of hydrogen-bond donors (Lipinski definition) is 1. The highest BCUT2D eigenvalue weighted by Gasteiger charge is 2.28. The maximum absolute atomic E-state index is 12.2. The molecule has 1 aliphatic rings. The van der Waals surface area contributed by atoms with Crippen LogP contribution in [0.5, 0.6) is 5.75 Å². The number of para-hydroxylation sites is 1. The van der Waals surface area contributed by atoms with Crippen molar-refractivity contribution in [3.05, 3.63) is 29.8 Å². The van der Waals surface area contributed by atoms with E-state index in [0.717, 1.165) is 24.2 Å². The molecule has 0 unspecified atom stereocenters. The van der Waals surface area contributed by atoms with E-state index in [1.165, 1.54) is 10.6 Å². The number of methoxy groups -OCH3 is 1. The SMILES string of the molecule is COc1ccccc1CCCNC(=O)C1CCN(S(C)(=O)=O)CC1. The molecule has 0 aromatic heterocycles. The molecule has 2 rings (SSSR count). The minimum atomic E-state index is -3.14. The van der Waals surface area contributed by atoms with Crippen molar-refractivity contribution < 1.29 is 17.9 Å². The molecule has 0 spiro atoms. The Morgan fingerprint density at radius 2 is 1.96 bits per heavy atom. The molecule has 1 aromatic rings. The van der Waals surface area contributed by atoms with Crippen molar-refractivity contribution in [1.82, 2.24) is 9.62 Å². The van der Waals surface area contributed by atoms with Crippen LogP contribution in [0.3, 0.4) is 0 Å². The van der Waals surface area contributed by atoms with Gasteiger partial charge in [-0.05, 0) is 37.3 Å². The minimum absolute atomic E-state index is 0.0307. The molecule has 1 aliphatic heterocycles. The summed E-state index contributed by atoms with van der Waals surface area (Å²) >= 11 is 0. The summed E-state index contributed by atoms with van der Waals surface area (Å²) in [5.41, 5.74) is 1.13. The van der Waals surface area contributed by atoms with Gasteiger partial charge >= 0.3 is 0 Å². The second-order valence-corrected chi connectivity index (χ2v) is 8.13. The summed E-state index contributed by atoms with van der Waals surface area (Å²) < 4.78 is 29.7. The molecule has 1 amide bonds. The first-order valence-electron chi connectivity index (χ1n) is 8.26. The number of piperidine rings is 1. The maximum Gasteiger partial charge on any atom is 0.223 e. The monoisotopic (exact) mass is 354 g/mol. The highest BCUT2D eigenvalue weighted by Crippen LogP contribution is 2.20. The first-order valence-corrected chi connectivity index (χ1v) is 10.1. The minimum Gasteiger partial charge on any atom is -0.496 e. The zero-order valence-corrected chi connectivity index (χ0v) is 15.1. The summed E-state index contributed by atoms with van der Waals surface area (Å²) in [7, 11) is -1.49. The average molecular weight is 354 g/mol. The van der Waals surface area contributed by atoms with Gasteiger partial charge < -0.3 is 10.1 Å². The molecule has 0 aliphatic carbocycles. The Morgan fingerprint density at radius 1 is 1.29 bits per heavy atom. The molecule has 7 heteroatoms. The molecule has 0 saturated carbocycles. The lowest BCUT2D eigenvalue weighted by atomic mass is 9.97. The Morgan fingerprint density at radius 3 is 2.58 bits per heavy atom. The van der Waals surface area contributed by atoms with E-state index in [-0.39, 0.29) is 11.8 Å². The number of hydrogen-bond acceptors (Lipinski definition) is 4. The Labute approximate surface area is 144 Å². The average Bonchev–Trinajstić information content (AvgIpc) is 2.58. The molecular formula is C17H26N2O4S. The summed E-state index contributed by atoms with van der Waals surface area (Å²) in [6, 6.07) is 7.88. The number of ether oxygens (including phenoxy) is 1. The summed E-state index contributed by atoms with van der Waals surface area (Å²) in [6.07, 6.45) is 4.08. The molecule has 1 heterocycles. The zero-order chi connectivity index (χ0) is 17.6. The topological polar surface area (TPSA) is 75.7 Å². The summed E-state index contributed by atoms with van der Waals surface area (Å²) in [5.74, 6) is 0.814. The molecular weight excluding hydrogens is 328 g/mol. The fourth-order valence-corrected chi connectivity index (χ4v) is 3.87. The van der Waals surface area contributed by atoms with Crippen molar-refractivity contribution in [2.75, 3.05) is 33.0 Å². The van der Waals surface area contributed by atoms with Crippen molar-refractivity contribution in [1.29, 1.82) is 0 Å². The standard InChI is InChI=1S/C17H26N2O4S/c1-23-16-8-4-3-6-14(16)7-5-11-18-17(20)15-9-12-19(13-10-15)24(2,21)22/h3-4,6,8,15H,5,7,9-13H2,1-2H3,(H,18,20). The van der Waals surface area contributed by atoms with E-state index in [2.05, 4.69) is 5.32 Å². The van der Waals surface area contributed by atoms with Gasteiger partial charge in [0.1, 0.15) is 5.75 Å². The fourth-order valence-electron chi connectivity index (χ4n) is 2.99. The second kappa shape index (κ2) is 8.48. The highest BCUT2D eigenvalue weighted by molar-refractivity contribution is 7.88. The molecule has 6 nitrogen and oxygen atoms in total. The van der Waals surface area contributed by atoms with Crippen molar-refractivity contribution in [2.24, 2.45) is 5.92 Å². The van der Waals surface area contributed by atoms with E-state index in [4.69, 9.17) is 4.74 Å². The van der Waals surface area contributed by atoms with E-state index in [0.29, 0.717) is 32.5 Å². The summed E-state index contributed by atoms with van der Waals surface area (Å²) in [4.78, 5) is 12.2. The van der Waals surface area contributed by atoms with Crippen LogP contribution in [0, 0.1) is 5.92 Å². The van der Waals surface area contributed by atoms with Crippen LogP contribution in [-0.4, -0.2) is 51.6 Å². The van der Waals surface area contributed by atoms with Gasteiger partial charge in [0.2, 0.25) is 15.9 Å². The number of benzene rings is 1. The number of amides is 1. The zero-order valence-electron chi connectivity index (χ0n) is 14.3. The Kier molecular flexibility index (Phi) is 6.62. The second-order valence-electron chi connectivity index (χ2n) is 6.14. The van der Waals surface area contributed by atoms with Crippen LogP contribution in [0.25, 0.3) is 0 Å². The molecule has 0 atom stereocenters. The summed E-state index contributed by atoms with van der Waals surface area (Å²) in [5, 5.41) is 2.97. The Balaban J connectivity index is 1.71. The Hall–Kier alpha value is -1.60. The highest BCUT2D eigenvalue weighted by atomic mass is 32.2. The van der Waals surface area contributed by atoms with E-state index in [1.807, 2.05) is 24.3 Å². The largest absolute Gasteiger partial charge is 0.496 e. The van der Waals surface area contributed by atoms with Crippen LogP contribution >= 0.6 is 0 Å². The van der Waals surface area contributed by atoms with Crippen LogP contribution in [0.15, 0.2) is 24.3 Å². The van der Waals surface area contributed by atoms with Gasteiger partial charge in [0.15, 0.2) is 0 Å². The molecule has 1 fully saturated rings. The third kappa shape index (κ3) is 5.21. The van der Waals surface area contributed by atoms with E-state index in [1.54, 1.807) is 7.11 Å². The fraction of sp³-hybridized carbons (Fsp3) is 0.588. The van der Waals surface area contributed by atoms with Crippen LogP contribution in [0.2, 0.25) is 0 Å². The molecule has 0 bridgehead atoms. The molecule has 1 aromatic carbocycles. The van der Waals surface area contributed by atoms with Gasteiger partial charge in [-0.25, -0.2) is 12.7 Å². The predicted octanol–water partition coefficient (Wildman–Crippen LogP) is 1.42. The lowest BCUT2D eigenvalue weighted by molar-refractivity contribution is -0.126. The lowest BCUT2D eigenvalue weighted by Crippen LogP contribution is -2.42. The van der Waals surface area contributed by atoms with Crippen LogP contribution < -0.4 is 10.1 Å². The van der Waals surface area contributed by atoms with Crippen molar-refractivity contribution in [2.45, 2.75) is 25.7 Å². The quantitative estimate of drug-likeness (QED) is 0.752. The van der Waals surface area contributed by atoms with E-state index in [9.17, 15) is 13.2 Å².